The summed E-state index contributed by atoms with van der Waals surface area (Å²) in [6, 6.07) is 1.65. The van der Waals surface area contributed by atoms with E-state index in [1.807, 2.05) is 0 Å². The smallest absolute Gasteiger partial charge is 0.212 e. The van der Waals surface area contributed by atoms with Crippen LogP contribution in [-0.4, -0.2) is 16.9 Å². The first-order valence-corrected chi connectivity index (χ1v) is 2.85. The molecule has 4 heteroatoms. The number of hydrogen-bond donors (Lipinski definition) is 0. The second-order valence-corrected chi connectivity index (χ2v) is 2.02. The first-order chi connectivity index (χ1) is 4.24. The highest BCUT2D eigenvalue weighted by atomic mass is 35.5. The van der Waals surface area contributed by atoms with Crippen LogP contribution in [0.1, 0.15) is 0 Å². The summed E-state index contributed by atoms with van der Waals surface area (Å²) in [7, 11) is 3.35. The standard InChI is InChI=1S/C5H7ClN2O/c1-8-5(9-2)3-4(6)7-8/h3H,1-2H3. The van der Waals surface area contributed by atoms with E-state index in [-0.39, 0.29) is 0 Å². The highest BCUT2D eigenvalue weighted by molar-refractivity contribution is 6.29. The minimum Gasteiger partial charge on any atom is -0.481 e. The van der Waals surface area contributed by atoms with E-state index in [9.17, 15) is 0 Å². The van der Waals surface area contributed by atoms with E-state index in [1.54, 1.807) is 24.9 Å². The van der Waals surface area contributed by atoms with E-state index in [2.05, 4.69) is 5.10 Å². The largest absolute Gasteiger partial charge is 0.481 e. The lowest BCUT2D eigenvalue weighted by Gasteiger charge is -1.95. The fraction of sp³-hybridized carbons (Fsp3) is 0.400. The van der Waals surface area contributed by atoms with E-state index in [1.165, 1.54) is 0 Å². The van der Waals surface area contributed by atoms with Gasteiger partial charge in [0.25, 0.3) is 0 Å². The van der Waals surface area contributed by atoms with Crippen LogP contribution in [0, 0.1) is 0 Å². The first-order valence-electron chi connectivity index (χ1n) is 2.47. The van der Waals surface area contributed by atoms with Crippen molar-refractivity contribution >= 4 is 11.6 Å². The van der Waals surface area contributed by atoms with Gasteiger partial charge in [0.05, 0.1) is 7.11 Å². The molecule has 1 aromatic rings. The van der Waals surface area contributed by atoms with Crippen molar-refractivity contribution in [3.8, 4) is 5.88 Å². The van der Waals surface area contributed by atoms with Crippen LogP contribution >= 0.6 is 11.6 Å². The molecule has 1 heterocycles. The number of aryl methyl sites for hydroxylation is 1. The Bertz CT molecular complexity index is 209. The number of aromatic nitrogens is 2. The van der Waals surface area contributed by atoms with Crippen molar-refractivity contribution < 1.29 is 4.74 Å². The van der Waals surface area contributed by atoms with Gasteiger partial charge in [0.1, 0.15) is 0 Å². The van der Waals surface area contributed by atoms with E-state index in [4.69, 9.17) is 16.3 Å². The molecule has 1 aromatic heterocycles. The zero-order valence-corrected chi connectivity index (χ0v) is 6.01. The molecule has 0 N–H and O–H groups in total. The number of nitrogens with zero attached hydrogens (tertiary/aromatic N) is 2. The Morgan fingerprint density at radius 1 is 1.78 bits per heavy atom. The Kier molecular flexibility index (Phi) is 1.62. The van der Waals surface area contributed by atoms with Crippen molar-refractivity contribution in [2.75, 3.05) is 7.11 Å². The van der Waals surface area contributed by atoms with Crippen LogP contribution in [0.5, 0.6) is 5.88 Å². The van der Waals surface area contributed by atoms with Crippen LogP contribution in [0.4, 0.5) is 0 Å². The van der Waals surface area contributed by atoms with Gasteiger partial charge in [0.15, 0.2) is 5.15 Å². The Morgan fingerprint density at radius 2 is 2.44 bits per heavy atom. The van der Waals surface area contributed by atoms with E-state index in [0.29, 0.717) is 11.0 Å². The van der Waals surface area contributed by atoms with Crippen LogP contribution in [-0.2, 0) is 7.05 Å². The van der Waals surface area contributed by atoms with Gasteiger partial charge in [-0.15, -0.1) is 0 Å². The maximum atomic E-state index is 5.53. The molecule has 0 bridgehead atoms. The summed E-state index contributed by atoms with van der Waals surface area (Å²) in [6.45, 7) is 0. The highest BCUT2D eigenvalue weighted by Crippen LogP contribution is 2.14. The van der Waals surface area contributed by atoms with Gasteiger partial charge in [-0.2, -0.15) is 5.10 Å². The quantitative estimate of drug-likeness (QED) is 0.593. The zero-order chi connectivity index (χ0) is 6.85. The van der Waals surface area contributed by atoms with Gasteiger partial charge in [0.2, 0.25) is 5.88 Å². The molecule has 3 nitrogen and oxygen atoms in total. The SMILES string of the molecule is COc1cc(Cl)nn1C. The fourth-order valence-corrected chi connectivity index (χ4v) is 0.815. The number of halogens is 1. The third kappa shape index (κ3) is 1.16. The van der Waals surface area contributed by atoms with Crippen molar-refractivity contribution in [3.05, 3.63) is 11.2 Å². The monoisotopic (exact) mass is 146 g/mol. The van der Waals surface area contributed by atoms with Gasteiger partial charge in [-0.25, -0.2) is 4.68 Å². The average molecular weight is 147 g/mol. The van der Waals surface area contributed by atoms with E-state index >= 15 is 0 Å². The van der Waals surface area contributed by atoms with Crippen molar-refractivity contribution in [1.29, 1.82) is 0 Å². The van der Waals surface area contributed by atoms with Crippen LogP contribution in [0.25, 0.3) is 0 Å². The molecule has 0 atom stereocenters. The normalized spacial score (nSPS) is 9.67. The molecule has 0 aliphatic carbocycles. The van der Waals surface area contributed by atoms with Crippen LogP contribution in [0.3, 0.4) is 0 Å². The van der Waals surface area contributed by atoms with Gasteiger partial charge in [0, 0.05) is 13.1 Å². The number of methoxy groups -OCH3 is 1. The highest BCUT2D eigenvalue weighted by Gasteiger charge is 1.99. The molecule has 0 saturated heterocycles. The van der Waals surface area contributed by atoms with Crippen molar-refractivity contribution in [3.63, 3.8) is 0 Å². The minimum atomic E-state index is 0.453. The molecule has 1 rings (SSSR count). The Labute approximate surface area is 58.2 Å². The average Bonchev–Trinajstić information content (AvgIpc) is 2.10. The zero-order valence-electron chi connectivity index (χ0n) is 5.26. The maximum absolute atomic E-state index is 5.53. The molecule has 0 spiro atoms. The molecule has 0 aliphatic heterocycles. The minimum absolute atomic E-state index is 0.453. The summed E-state index contributed by atoms with van der Waals surface area (Å²) < 4.78 is 6.45. The summed E-state index contributed by atoms with van der Waals surface area (Å²) in [6.07, 6.45) is 0. The number of hydrogen-bond acceptors (Lipinski definition) is 2. The van der Waals surface area contributed by atoms with Gasteiger partial charge >= 0.3 is 0 Å². The molecule has 0 unspecified atom stereocenters. The lowest BCUT2D eigenvalue weighted by molar-refractivity contribution is 0.373. The van der Waals surface area contributed by atoms with Crippen molar-refractivity contribution in [2.24, 2.45) is 7.05 Å². The number of ether oxygens (including phenoxy) is 1. The maximum Gasteiger partial charge on any atom is 0.212 e. The second-order valence-electron chi connectivity index (χ2n) is 1.63. The summed E-state index contributed by atoms with van der Waals surface area (Å²) >= 11 is 5.53. The molecule has 0 amide bonds. The molecule has 0 fully saturated rings. The summed E-state index contributed by atoms with van der Waals surface area (Å²) in [5.74, 6) is 0.667. The molecular formula is C5H7ClN2O. The van der Waals surface area contributed by atoms with Gasteiger partial charge in [-0.05, 0) is 0 Å². The Balaban J connectivity index is 3.01. The van der Waals surface area contributed by atoms with Crippen molar-refractivity contribution in [2.45, 2.75) is 0 Å². The predicted molar refractivity (Wildman–Crippen MR) is 34.8 cm³/mol. The fourth-order valence-electron chi connectivity index (χ4n) is 0.608. The molecule has 9 heavy (non-hydrogen) atoms. The van der Waals surface area contributed by atoms with E-state index in [0.717, 1.165) is 0 Å². The van der Waals surface area contributed by atoms with Crippen LogP contribution in [0.2, 0.25) is 5.15 Å². The Hall–Kier alpha value is -0.700. The molecule has 0 aromatic carbocycles. The Morgan fingerprint density at radius 3 is 2.67 bits per heavy atom. The van der Waals surface area contributed by atoms with Crippen LogP contribution < -0.4 is 4.74 Å². The molecular weight excluding hydrogens is 140 g/mol. The second kappa shape index (κ2) is 2.27. The first kappa shape index (κ1) is 6.42. The molecule has 0 aliphatic rings. The third-order valence-electron chi connectivity index (χ3n) is 1.02. The van der Waals surface area contributed by atoms with Gasteiger partial charge < -0.3 is 4.74 Å². The lowest BCUT2D eigenvalue weighted by Crippen LogP contribution is -1.93. The summed E-state index contributed by atoms with van der Waals surface area (Å²) in [5.41, 5.74) is 0. The molecule has 0 radical (unpaired) electrons. The lowest BCUT2D eigenvalue weighted by atomic mass is 10.7. The molecule has 0 saturated carbocycles. The van der Waals surface area contributed by atoms with Gasteiger partial charge in [-0.1, -0.05) is 11.6 Å². The predicted octanol–water partition coefficient (Wildman–Crippen LogP) is 1.08. The summed E-state index contributed by atoms with van der Waals surface area (Å²) in [4.78, 5) is 0. The van der Waals surface area contributed by atoms with E-state index < -0.39 is 0 Å². The number of rotatable bonds is 1. The third-order valence-corrected chi connectivity index (χ3v) is 1.20. The molecule has 50 valence electrons. The van der Waals surface area contributed by atoms with Crippen molar-refractivity contribution in [1.82, 2.24) is 9.78 Å². The topological polar surface area (TPSA) is 27.1 Å². The summed E-state index contributed by atoms with van der Waals surface area (Å²) in [5, 5.41) is 4.29. The van der Waals surface area contributed by atoms with Gasteiger partial charge in [-0.3, -0.25) is 0 Å². The van der Waals surface area contributed by atoms with Crippen LogP contribution in [0.15, 0.2) is 6.07 Å².